The molecule has 0 aliphatic rings. The van der Waals surface area contributed by atoms with Crippen molar-refractivity contribution >= 4 is 23.3 Å². The second kappa shape index (κ2) is 6.20. The highest BCUT2D eigenvalue weighted by Gasteiger charge is 2.12. The first-order chi connectivity index (χ1) is 8.40. The number of benzene rings is 1. The molecule has 1 rings (SSSR count). The van der Waals surface area contributed by atoms with Crippen LogP contribution in [0.2, 0.25) is 5.02 Å². The van der Waals surface area contributed by atoms with Crippen LogP contribution in [0.3, 0.4) is 0 Å². The van der Waals surface area contributed by atoms with E-state index in [1.165, 1.54) is 12.1 Å². The van der Waals surface area contributed by atoms with Gasteiger partial charge in [0.05, 0.1) is 16.0 Å². The molecule has 0 radical (unpaired) electrons. The highest BCUT2D eigenvalue weighted by molar-refractivity contribution is 6.32. The van der Waals surface area contributed by atoms with Crippen molar-refractivity contribution in [1.82, 2.24) is 0 Å². The predicted octanol–water partition coefficient (Wildman–Crippen LogP) is 2.58. The number of hydrogen-bond acceptors (Lipinski definition) is 5. The molecule has 0 saturated heterocycles. The van der Waals surface area contributed by atoms with Crippen molar-refractivity contribution in [2.45, 2.75) is 20.0 Å². The van der Waals surface area contributed by atoms with Gasteiger partial charge in [-0.2, -0.15) is 0 Å². The van der Waals surface area contributed by atoms with E-state index in [0.29, 0.717) is 0 Å². The number of nitro benzene ring substituents is 1. The zero-order chi connectivity index (χ0) is 13.7. The molecule has 6 nitrogen and oxygen atoms in total. The van der Waals surface area contributed by atoms with Gasteiger partial charge in [-0.15, -0.1) is 0 Å². The number of non-ortho nitro benzene ring substituents is 1. The summed E-state index contributed by atoms with van der Waals surface area (Å²) in [5, 5.41) is 10.6. The second-order valence-electron chi connectivity index (χ2n) is 3.70. The summed E-state index contributed by atoms with van der Waals surface area (Å²) in [4.78, 5) is 21.1. The number of ether oxygens (including phenoxy) is 2. The van der Waals surface area contributed by atoms with Crippen molar-refractivity contribution in [3.05, 3.63) is 33.3 Å². The number of carbonyl (C=O) groups excluding carboxylic acids is 1. The zero-order valence-electron chi connectivity index (χ0n) is 9.88. The van der Waals surface area contributed by atoms with Crippen molar-refractivity contribution in [3.63, 3.8) is 0 Å². The van der Waals surface area contributed by atoms with Crippen LogP contribution in [0.15, 0.2) is 18.2 Å². The van der Waals surface area contributed by atoms with Crippen LogP contribution in [0.1, 0.15) is 13.8 Å². The quantitative estimate of drug-likeness (QED) is 0.468. The SMILES string of the molecule is CC(C)OC(=O)COc1ccc([N+](=O)[O-])cc1Cl. The van der Waals surface area contributed by atoms with Crippen LogP contribution in [0.25, 0.3) is 0 Å². The lowest BCUT2D eigenvalue weighted by Gasteiger charge is -2.09. The third-order valence-corrected chi connectivity index (χ3v) is 2.13. The van der Waals surface area contributed by atoms with E-state index in [0.717, 1.165) is 6.07 Å². The van der Waals surface area contributed by atoms with Gasteiger partial charge in [-0.1, -0.05) is 11.6 Å². The fourth-order valence-electron chi connectivity index (χ4n) is 1.15. The first kappa shape index (κ1) is 14.2. The Morgan fingerprint density at radius 1 is 1.50 bits per heavy atom. The average molecular weight is 274 g/mol. The Hall–Kier alpha value is -1.82. The molecule has 1 aromatic carbocycles. The number of hydrogen-bond donors (Lipinski definition) is 0. The van der Waals surface area contributed by atoms with Gasteiger partial charge in [0.1, 0.15) is 5.75 Å². The van der Waals surface area contributed by atoms with Gasteiger partial charge in [0.2, 0.25) is 0 Å². The van der Waals surface area contributed by atoms with Crippen LogP contribution in [-0.4, -0.2) is 23.6 Å². The van der Waals surface area contributed by atoms with Gasteiger partial charge in [0, 0.05) is 12.1 Å². The summed E-state index contributed by atoms with van der Waals surface area (Å²) >= 11 is 5.78. The van der Waals surface area contributed by atoms with Crippen LogP contribution in [0, 0.1) is 10.1 Å². The zero-order valence-corrected chi connectivity index (χ0v) is 10.6. The van der Waals surface area contributed by atoms with Crippen LogP contribution < -0.4 is 4.74 Å². The largest absolute Gasteiger partial charge is 0.480 e. The molecule has 0 unspecified atom stereocenters. The minimum atomic E-state index is -0.567. The third kappa shape index (κ3) is 4.21. The normalized spacial score (nSPS) is 10.2. The molecule has 1 aromatic rings. The lowest BCUT2D eigenvalue weighted by molar-refractivity contribution is -0.384. The Labute approximate surface area is 109 Å². The first-order valence-corrected chi connectivity index (χ1v) is 5.54. The van der Waals surface area contributed by atoms with Crippen molar-refractivity contribution in [3.8, 4) is 5.75 Å². The van der Waals surface area contributed by atoms with Gasteiger partial charge in [-0.05, 0) is 19.9 Å². The number of esters is 1. The summed E-state index contributed by atoms with van der Waals surface area (Å²) in [5.74, 6) is -0.331. The number of halogens is 1. The minimum absolute atomic E-state index is 0.0709. The van der Waals surface area contributed by atoms with Crippen molar-refractivity contribution in [1.29, 1.82) is 0 Å². The Bertz CT molecular complexity index is 461. The molecule has 0 atom stereocenters. The van der Waals surface area contributed by atoms with E-state index in [1.54, 1.807) is 13.8 Å². The Morgan fingerprint density at radius 3 is 2.67 bits per heavy atom. The molecular weight excluding hydrogens is 262 g/mol. The first-order valence-electron chi connectivity index (χ1n) is 5.16. The number of nitro groups is 1. The Balaban J connectivity index is 2.63. The Kier molecular flexibility index (Phi) is 4.91. The molecule has 18 heavy (non-hydrogen) atoms. The lowest BCUT2D eigenvalue weighted by Crippen LogP contribution is -2.18. The molecule has 0 aromatic heterocycles. The summed E-state index contributed by atoms with van der Waals surface area (Å²) in [6.45, 7) is 3.14. The van der Waals surface area contributed by atoms with E-state index in [4.69, 9.17) is 21.1 Å². The fraction of sp³-hybridized carbons (Fsp3) is 0.364. The van der Waals surface area contributed by atoms with E-state index in [9.17, 15) is 14.9 Å². The van der Waals surface area contributed by atoms with E-state index in [1.807, 2.05) is 0 Å². The summed E-state index contributed by atoms with van der Waals surface area (Å²) in [7, 11) is 0. The van der Waals surface area contributed by atoms with Gasteiger partial charge in [0.25, 0.3) is 5.69 Å². The molecule has 98 valence electrons. The van der Waals surface area contributed by atoms with Crippen molar-refractivity contribution in [2.24, 2.45) is 0 Å². The highest BCUT2D eigenvalue weighted by Crippen LogP contribution is 2.28. The van der Waals surface area contributed by atoms with Gasteiger partial charge in [0.15, 0.2) is 6.61 Å². The summed E-state index contributed by atoms with van der Waals surface area (Å²) in [5.41, 5.74) is -0.142. The maximum atomic E-state index is 11.2. The molecule has 7 heteroatoms. The standard InChI is InChI=1S/C11H12ClNO5/c1-7(2)18-11(14)6-17-10-4-3-8(13(15)16)5-9(10)12/h3-5,7H,6H2,1-2H3. The fourth-order valence-corrected chi connectivity index (χ4v) is 1.38. The smallest absolute Gasteiger partial charge is 0.344 e. The topological polar surface area (TPSA) is 78.7 Å². The molecule has 0 bridgehead atoms. The van der Waals surface area contributed by atoms with Crippen LogP contribution >= 0.6 is 11.6 Å². The molecule has 0 spiro atoms. The summed E-state index contributed by atoms with van der Waals surface area (Å²) < 4.78 is 9.96. The van der Waals surface area contributed by atoms with E-state index in [-0.39, 0.29) is 29.2 Å². The summed E-state index contributed by atoms with van der Waals surface area (Å²) in [6.07, 6.45) is -0.228. The highest BCUT2D eigenvalue weighted by atomic mass is 35.5. The van der Waals surface area contributed by atoms with Gasteiger partial charge >= 0.3 is 5.97 Å². The third-order valence-electron chi connectivity index (χ3n) is 1.84. The molecule has 0 heterocycles. The summed E-state index contributed by atoms with van der Waals surface area (Å²) in [6, 6.07) is 3.74. The molecule has 0 saturated carbocycles. The molecule has 0 aliphatic carbocycles. The molecular formula is C11H12ClNO5. The van der Waals surface area contributed by atoms with Crippen molar-refractivity contribution < 1.29 is 19.2 Å². The molecule has 0 aliphatic heterocycles. The maximum Gasteiger partial charge on any atom is 0.344 e. The molecule has 0 N–H and O–H groups in total. The van der Waals surface area contributed by atoms with Gasteiger partial charge < -0.3 is 9.47 Å². The second-order valence-corrected chi connectivity index (χ2v) is 4.11. The van der Waals surface area contributed by atoms with Crippen LogP contribution in [-0.2, 0) is 9.53 Å². The number of nitrogens with zero attached hydrogens (tertiary/aromatic N) is 1. The number of carbonyl (C=O) groups is 1. The maximum absolute atomic E-state index is 11.2. The van der Waals surface area contributed by atoms with E-state index < -0.39 is 10.9 Å². The molecule has 0 fully saturated rings. The van der Waals surface area contributed by atoms with E-state index >= 15 is 0 Å². The lowest BCUT2D eigenvalue weighted by atomic mass is 10.3. The minimum Gasteiger partial charge on any atom is -0.480 e. The van der Waals surface area contributed by atoms with Crippen LogP contribution in [0.5, 0.6) is 5.75 Å². The monoisotopic (exact) mass is 273 g/mol. The average Bonchev–Trinajstić information content (AvgIpc) is 2.26. The molecule has 0 amide bonds. The number of rotatable bonds is 5. The Morgan fingerprint density at radius 2 is 2.17 bits per heavy atom. The van der Waals surface area contributed by atoms with Gasteiger partial charge in [-0.3, -0.25) is 10.1 Å². The van der Waals surface area contributed by atoms with Crippen molar-refractivity contribution in [2.75, 3.05) is 6.61 Å². The van der Waals surface area contributed by atoms with Gasteiger partial charge in [-0.25, -0.2) is 4.79 Å². The van der Waals surface area contributed by atoms with Crippen LogP contribution in [0.4, 0.5) is 5.69 Å². The predicted molar refractivity (Wildman–Crippen MR) is 64.8 cm³/mol. The van der Waals surface area contributed by atoms with E-state index in [2.05, 4.69) is 0 Å².